The lowest BCUT2D eigenvalue weighted by atomic mass is 10.2. The van der Waals surface area contributed by atoms with Crippen LogP contribution in [0.2, 0.25) is 0 Å². The van der Waals surface area contributed by atoms with Crippen molar-refractivity contribution in [1.29, 1.82) is 0 Å². The van der Waals surface area contributed by atoms with Gasteiger partial charge in [0.05, 0.1) is 0 Å². The molecule has 0 aromatic heterocycles. The molecule has 0 aliphatic carbocycles. The number of hydrogen-bond donors (Lipinski definition) is 3. The van der Waals surface area contributed by atoms with Gasteiger partial charge in [0.15, 0.2) is 0 Å². The van der Waals surface area contributed by atoms with Gasteiger partial charge in [-0.25, -0.2) is 0 Å². The van der Waals surface area contributed by atoms with Crippen LogP contribution in [0.4, 0.5) is 0 Å². The Balaban J connectivity index is 1.94. The smallest absolute Gasteiger partial charge is 0.115 e. The minimum absolute atomic E-state index is 0.210. The molecule has 4 nitrogen and oxygen atoms in total. The van der Waals surface area contributed by atoms with Crippen LogP contribution in [-0.4, -0.2) is 20.5 Å². The zero-order chi connectivity index (χ0) is 13.0. The Morgan fingerprint density at radius 3 is 1.33 bits per heavy atom. The fourth-order valence-electron chi connectivity index (χ4n) is 1.68. The van der Waals surface area contributed by atoms with Crippen LogP contribution in [0.5, 0.6) is 11.5 Å². The average molecular weight is 245 g/mol. The largest absolute Gasteiger partial charge is 0.508 e. The Kier molecular flexibility index (Phi) is 3.82. The van der Waals surface area contributed by atoms with E-state index in [-0.39, 0.29) is 11.5 Å². The molecule has 0 radical (unpaired) electrons. The monoisotopic (exact) mass is 245 g/mol. The van der Waals surface area contributed by atoms with E-state index in [4.69, 9.17) is 10.2 Å². The van der Waals surface area contributed by atoms with E-state index < -0.39 is 0 Å². The van der Waals surface area contributed by atoms with Gasteiger partial charge < -0.3 is 15.4 Å². The zero-order valence-electron chi connectivity index (χ0n) is 9.82. The Bertz CT molecular complexity index is 446. The maximum absolute atomic E-state index is 9.80. The van der Waals surface area contributed by atoms with Gasteiger partial charge in [-0.3, -0.25) is 0 Å². The lowest BCUT2D eigenvalue weighted by molar-refractivity contribution is -0.108. The molecule has 0 spiro atoms. The van der Waals surface area contributed by atoms with Crippen LogP contribution in [-0.2, 0) is 13.1 Å². The van der Waals surface area contributed by atoms with E-state index >= 15 is 0 Å². The first-order valence-electron chi connectivity index (χ1n) is 5.63. The number of rotatable bonds is 4. The van der Waals surface area contributed by atoms with Crippen LogP contribution in [0, 0.1) is 0 Å². The maximum atomic E-state index is 9.80. The molecule has 3 N–H and O–H groups in total. The van der Waals surface area contributed by atoms with Crippen molar-refractivity contribution >= 4 is 0 Å². The molecule has 0 amide bonds. The van der Waals surface area contributed by atoms with Crippen molar-refractivity contribution in [2.75, 3.05) is 0 Å². The van der Waals surface area contributed by atoms with Gasteiger partial charge >= 0.3 is 0 Å². The van der Waals surface area contributed by atoms with E-state index in [9.17, 15) is 5.21 Å². The second kappa shape index (κ2) is 5.53. The number of nitrogens with zero attached hydrogens (tertiary/aromatic N) is 1. The Labute approximate surface area is 105 Å². The normalized spacial score (nSPS) is 10.8. The van der Waals surface area contributed by atoms with Gasteiger partial charge in [0, 0.05) is 13.1 Å². The van der Waals surface area contributed by atoms with Crippen LogP contribution in [0.1, 0.15) is 11.1 Å². The van der Waals surface area contributed by atoms with Gasteiger partial charge in [-0.1, -0.05) is 24.3 Å². The number of hydrogen-bond acceptors (Lipinski definition) is 4. The third kappa shape index (κ3) is 3.48. The maximum Gasteiger partial charge on any atom is 0.115 e. The molecule has 0 saturated heterocycles. The fraction of sp³-hybridized carbons (Fsp3) is 0.143. The van der Waals surface area contributed by atoms with Crippen molar-refractivity contribution in [3.05, 3.63) is 59.7 Å². The Morgan fingerprint density at radius 1 is 0.667 bits per heavy atom. The first-order chi connectivity index (χ1) is 8.63. The van der Waals surface area contributed by atoms with Crippen molar-refractivity contribution in [3.63, 3.8) is 0 Å². The Morgan fingerprint density at radius 2 is 1.00 bits per heavy atom. The summed E-state index contributed by atoms with van der Waals surface area (Å²) in [7, 11) is 0. The molecule has 0 aliphatic rings. The summed E-state index contributed by atoms with van der Waals surface area (Å²) in [5.74, 6) is 0.420. The molecule has 18 heavy (non-hydrogen) atoms. The first-order valence-corrected chi connectivity index (χ1v) is 5.63. The molecule has 0 fully saturated rings. The summed E-state index contributed by atoms with van der Waals surface area (Å²) in [6.45, 7) is 0.752. The van der Waals surface area contributed by atoms with E-state index in [2.05, 4.69) is 0 Å². The molecular weight excluding hydrogens is 230 g/mol. The summed E-state index contributed by atoms with van der Waals surface area (Å²) in [5, 5.41) is 29.3. The van der Waals surface area contributed by atoms with Crippen LogP contribution in [0.3, 0.4) is 0 Å². The molecule has 0 atom stereocenters. The average Bonchev–Trinajstić information content (AvgIpc) is 2.35. The van der Waals surface area contributed by atoms with Crippen LogP contribution in [0.15, 0.2) is 48.5 Å². The van der Waals surface area contributed by atoms with Gasteiger partial charge in [-0.2, -0.15) is 5.06 Å². The van der Waals surface area contributed by atoms with Crippen LogP contribution < -0.4 is 0 Å². The molecule has 0 unspecified atom stereocenters. The van der Waals surface area contributed by atoms with Gasteiger partial charge in [0.25, 0.3) is 0 Å². The summed E-state index contributed by atoms with van der Waals surface area (Å²) < 4.78 is 0. The minimum atomic E-state index is 0.210. The summed E-state index contributed by atoms with van der Waals surface area (Å²) in [6, 6.07) is 13.4. The van der Waals surface area contributed by atoms with Crippen molar-refractivity contribution in [3.8, 4) is 11.5 Å². The molecule has 2 rings (SSSR count). The molecule has 2 aromatic rings. The Hall–Kier alpha value is -2.04. The number of phenolic OH excluding ortho intramolecular Hbond substituents is 2. The summed E-state index contributed by atoms with van der Waals surface area (Å²) in [4.78, 5) is 0. The number of phenols is 2. The van der Waals surface area contributed by atoms with E-state index in [1.807, 2.05) is 0 Å². The number of hydroxylamine groups is 2. The molecule has 0 bridgehead atoms. The quantitative estimate of drug-likeness (QED) is 0.724. The molecule has 2 aromatic carbocycles. The molecule has 0 saturated carbocycles. The molecule has 4 heteroatoms. The van der Waals surface area contributed by atoms with Gasteiger partial charge in [0.1, 0.15) is 11.5 Å². The van der Waals surface area contributed by atoms with E-state index in [0.717, 1.165) is 11.1 Å². The van der Waals surface area contributed by atoms with Crippen molar-refractivity contribution < 1.29 is 15.4 Å². The molecule has 0 heterocycles. The fourth-order valence-corrected chi connectivity index (χ4v) is 1.68. The lowest BCUT2D eigenvalue weighted by Crippen LogP contribution is -2.17. The zero-order valence-corrected chi connectivity index (χ0v) is 9.82. The lowest BCUT2D eigenvalue weighted by Gasteiger charge is -2.15. The predicted octanol–water partition coefficient (Wildman–Crippen LogP) is 2.49. The number of aromatic hydroxyl groups is 2. The van der Waals surface area contributed by atoms with Gasteiger partial charge in [0.2, 0.25) is 0 Å². The summed E-state index contributed by atoms with van der Waals surface area (Å²) >= 11 is 0. The summed E-state index contributed by atoms with van der Waals surface area (Å²) in [5.41, 5.74) is 1.82. The van der Waals surface area contributed by atoms with Gasteiger partial charge in [-0.05, 0) is 35.4 Å². The summed E-state index contributed by atoms with van der Waals surface area (Å²) in [6.07, 6.45) is 0. The topological polar surface area (TPSA) is 63.9 Å². The van der Waals surface area contributed by atoms with Crippen LogP contribution in [0.25, 0.3) is 0 Å². The highest BCUT2D eigenvalue weighted by Crippen LogP contribution is 2.14. The highest BCUT2D eigenvalue weighted by molar-refractivity contribution is 5.27. The van der Waals surface area contributed by atoms with Crippen LogP contribution >= 0.6 is 0 Å². The molecule has 0 aliphatic heterocycles. The standard InChI is InChI=1S/C14H15NO3/c16-13-5-1-11(2-6-13)9-15(18)10-12-3-7-14(17)8-4-12/h1-8,16-18H,9-10H2. The molecular formula is C14H15NO3. The second-order valence-corrected chi connectivity index (χ2v) is 4.16. The van der Waals surface area contributed by atoms with E-state index in [0.29, 0.717) is 13.1 Å². The van der Waals surface area contributed by atoms with Crippen molar-refractivity contribution in [2.45, 2.75) is 13.1 Å². The highest BCUT2D eigenvalue weighted by Gasteiger charge is 2.04. The highest BCUT2D eigenvalue weighted by atomic mass is 16.5. The predicted molar refractivity (Wildman–Crippen MR) is 67.2 cm³/mol. The molecule has 94 valence electrons. The second-order valence-electron chi connectivity index (χ2n) is 4.16. The van der Waals surface area contributed by atoms with E-state index in [1.165, 1.54) is 5.06 Å². The third-order valence-corrected chi connectivity index (χ3v) is 2.60. The van der Waals surface area contributed by atoms with E-state index in [1.54, 1.807) is 48.5 Å². The van der Waals surface area contributed by atoms with Crippen molar-refractivity contribution in [1.82, 2.24) is 5.06 Å². The SMILES string of the molecule is Oc1ccc(CN(O)Cc2ccc(O)cc2)cc1. The minimum Gasteiger partial charge on any atom is -0.508 e. The van der Waals surface area contributed by atoms with Gasteiger partial charge in [-0.15, -0.1) is 0 Å². The first kappa shape index (κ1) is 12.4. The van der Waals surface area contributed by atoms with Crippen molar-refractivity contribution in [2.24, 2.45) is 0 Å². The number of benzene rings is 2. The third-order valence-electron chi connectivity index (χ3n) is 2.60.